The van der Waals surface area contributed by atoms with Gasteiger partial charge in [0, 0.05) is 40.6 Å². The van der Waals surface area contributed by atoms with E-state index >= 15 is 0 Å². The summed E-state index contributed by atoms with van der Waals surface area (Å²) in [6, 6.07) is 11.7. The van der Waals surface area contributed by atoms with Crippen LogP contribution >= 0.6 is 11.8 Å². The third kappa shape index (κ3) is 3.97. The van der Waals surface area contributed by atoms with E-state index in [9.17, 15) is 9.18 Å². The molecular formula is C21H17FN4O2S. The van der Waals surface area contributed by atoms with Crippen LogP contribution in [0.15, 0.2) is 64.5 Å². The van der Waals surface area contributed by atoms with Crippen LogP contribution in [0, 0.1) is 19.7 Å². The number of aromatic nitrogens is 4. The molecule has 0 bridgehead atoms. The Morgan fingerprint density at radius 3 is 2.69 bits per heavy atom. The average molecular weight is 408 g/mol. The molecule has 0 atom stereocenters. The Hall–Kier alpha value is -3.26. The summed E-state index contributed by atoms with van der Waals surface area (Å²) in [6.07, 6.45) is 3.29. The third-order valence-electron chi connectivity index (χ3n) is 4.46. The van der Waals surface area contributed by atoms with Crippen molar-refractivity contribution in [3.63, 3.8) is 0 Å². The maximum absolute atomic E-state index is 13.6. The van der Waals surface area contributed by atoms with Crippen molar-refractivity contribution in [1.82, 2.24) is 19.7 Å². The van der Waals surface area contributed by atoms with E-state index in [1.54, 1.807) is 30.6 Å². The molecule has 0 unspecified atom stereocenters. The highest BCUT2D eigenvalue weighted by Gasteiger charge is 2.18. The molecule has 3 aromatic heterocycles. The zero-order valence-corrected chi connectivity index (χ0v) is 16.6. The van der Waals surface area contributed by atoms with Gasteiger partial charge in [0.25, 0.3) is 5.22 Å². The Balaban J connectivity index is 1.50. The van der Waals surface area contributed by atoms with Gasteiger partial charge in [0.05, 0.1) is 5.75 Å². The normalized spacial score (nSPS) is 11.0. The molecule has 146 valence electrons. The molecule has 0 aliphatic heterocycles. The lowest BCUT2D eigenvalue weighted by Gasteiger charge is -2.09. The predicted octanol–water partition coefficient (Wildman–Crippen LogP) is 4.65. The molecule has 0 spiro atoms. The van der Waals surface area contributed by atoms with E-state index in [4.69, 9.17) is 4.42 Å². The monoisotopic (exact) mass is 408 g/mol. The van der Waals surface area contributed by atoms with Gasteiger partial charge in [-0.1, -0.05) is 17.8 Å². The topological polar surface area (TPSA) is 73.8 Å². The van der Waals surface area contributed by atoms with Crippen LogP contribution in [-0.2, 0) is 0 Å². The van der Waals surface area contributed by atoms with Gasteiger partial charge in [-0.25, -0.2) is 4.39 Å². The molecule has 0 amide bonds. The van der Waals surface area contributed by atoms with Gasteiger partial charge < -0.3 is 8.98 Å². The number of ketones is 1. The van der Waals surface area contributed by atoms with Gasteiger partial charge in [-0.05, 0) is 50.2 Å². The first kappa shape index (κ1) is 19.1. The Labute approximate surface area is 170 Å². The van der Waals surface area contributed by atoms with Crippen molar-refractivity contribution in [1.29, 1.82) is 0 Å². The van der Waals surface area contributed by atoms with Gasteiger partial charge in [0.1, 0.15) is 5.82 Å². The summed E-state index contributed by atoms with van der Waals surface area (Å²) in [5.74, 6) is 0.159. The van der Waals surface area contributed by atoms with Crippen LogP contribution in [0.25, 0.3) is 17.1 Å². The number of pyridine rings is 1. The van der Waals surface area contributed by atoms with Crippen molar-refractivity contribution in [2.75, 3.05) is 5.75 Å². The Bertz CT molecular complexity index is 1170. The average Bonchev–Trinajstić information content (AvgIpc) is 3.31. The zero-order valence-electron chi connectivity index (χ0n) is 15.8. The largest absolute Gasteiger partial charge is 0.411 e. The number of hydrogen-bond acceptors (Lipinski definition) is 6. The van der Waals surface area contributed by atoms with E-state index in [1.807, 2.05) is 30.5 Å². The molecule has 0 saturated carbocycles. The number of nitrogens with zero attached hydrogens (tertiary/aromatic N) is 4. The second-order valence-corrected chi connectivity index (χ2v) is 7.35. The fourth-order valence-electron chi connectivity index (χ4n) is 3.14. The number of hydrogen-bond donors (Lipinski definition) is 0. The van der Waals surface area contributed by atoms with Gasteiger partial charge in [0.2, 0.25) is 5.89 Å². The highest BCUT2D eigenvalue weighted by atomic mass is 32.2. The maximum atomic E-state index is 13.6. The number of carbonyl (C=O) groups is 1. The molecule has 0 saturated heterocycles. The molecule has 0 fully saturated rings. The van der Waals surface area contributed by atoms with Crippen LogP contribution in [0.4, 0.5) is 4.39 Å². The first-order valence-corrected chi connectivity index (χ1v) is 9.86. The summed E-state index contributed by atoms with van der Waals surface area (Å²) in [7, 11) is 0. The Kier molecular flexibility index (Phi) is 5.26. The summed E-state index contributed by atoms with van der Waals surface area (Å²) in [5, 5.41) is 8.32. The SMILES string of the molecule is Cc1cc(C(=O)CSc2nnc(-c3ccncc3)o2)c(C)n1-c1cccc(F)c1. The minimum Gasteiger partial charge on any atom is -0.411 e. The van der Waals surface area contributed by atoms with Crippen LogP contribution in [0.5, 0.6) is 0 Å². The summed E-state index contributed by atoms with van der Waals surface area (Å²) in [5.41, 5.74) is 3.67. The van der Waals surface area contributed by atoms with Gasteiger partial charge in [-0.15, -0.1) is 10.2 Å². The summed E-state index contributed by atoms with van der Waals surface area (Å²) < 4.78 is 21.1. The third-order valence-corrected chi connectivity index (χ3v) is 5.28. The number of halogens is 1. The minimum absolute atomic E-state index is 0.0607. The van der Waals surface area contributed by atoms with Crippen molar-refractivity contribution < 1.29 is 13.6 Å². The van der Waals surface area contributed by atoms with Crippen molar-refractivity contribution >= 4 is 17.5 Å². The fraction of sp³-hybridized carbons (Fsp3) is 0.143. The first-order valence-electron chi connectivity index (χ1n) is 8.87. The second-order valence-electron chi connectivity index (χ2n) is 6.42. The van der Waals surface area contributed by atoms with Crippen LogP contribution in [-0.4, -0.2) is 31.3 Å². The van der Waals surface area contributed by atoms with Crippen molar-refractivity contribution in [3.8, 4) is 17.1 Å². The Morgan fingerprint density at radius 1 is 1.14 bits per heavy atom. The summed E-state index contributed by atoms with van der Waals surface area (Å²) >= 11 is 1.19. The smallest absolute Gasteiger partial charge is 0.277 e. The molecule has 8 heteroatoms. The molecule has 0 aliphatic rings. The van der Waals surface area contributed by atoms with Crippen LogP contribution < -0.4 is 0 Å². The quantitative estimate of drug-likeness (QED) is 0.341. The number of carbonyl (C=O) groups excluding carboxylic acids is 1. The van der Waals surface area contributed by atoms with Crippen LogP contribution in [0.2, 0.25) is 0 Å². The number of aryl methyl sites for hydroxylation is 1. The van der Waals surface area contributed by atoms with Crippen molar-refractivity contribution in [2.24, 2.45) is 0 Å². The van der Waals surface area contributed by atoms with E-state index in [-0.39, 0.29) is 17.4 Å². The molecule has 4 aromatic rings. The van der Waals surface area contributed by atoms with Gasteiger partial charge >= 0.3 is 0 Å². The predicted molar refractivity (Wildman–Crippen MR) is 108 cm³/mol. The lowest BCUT2D eigenvalue weighted by molar-refractivity contribution is 0.102. The van der Waals surface area contributed by atoms with Crippen molar-refractivity contribution in [3.05, 3.63) is 77.6 Å². The Morgan fingerprint density at radius 2 is 1.93 bits per heavy atom. The van der Waals surface area contributed by atoms with Crippen molar-refractivity contribution in [2.45, 2.75) is 19.1 Å². The molecule has 29 heavy (non-hydrogen) atoms. The molecule has 0 radical (unpaired) electrons. The van der Waals surface area contributed by atoms with E-state index in [0.29, 0.717) is 22.4 Å². The van der Waals surface area contributed by atoms with E-state index in [2.05, 4.69) is 15.2 Å². The fourth-order valence-corrected chi connectivity index (χ4v) is 3.79. The van der Waals surface area contributed by atoms with Crippen LogP contribution in [0.1, 0.15) is 21.7 Å². The standard InChI is InChI=1S/C21H17FN4O2S/c1-13-10-18(14(2)26(13)17-5-3-4-16(22)11-17)19(27)12-29-21-25-24-20(28-21)15-6-8-23-9-7-15/h3-11H,12H2,1-2H3. The van der Waals surface area contributed by atoms with Crippen LogP contribution in [0.3, 0.4) is 0 Å². The molecule has 4 rings (SSSR count). The maximum Gasteiger partial charge on any atom is 0.277 e. The molecule has 6 nitrogen and oxygen atoms in total. The van der Waals surface area contributed by atoms with E-state index in [0.717, 1.165) is 17.0 Å². The number of thioether (sulfide) groups is 1. The highest BCUT2D eigenvalue weighted by molar-refractivity contribution is 7.99. The molecule has 3 heterocycles. The summed E-state index contributed by atoms with van der Waals surface area (Å²) in [4.78, 5) is 16.7. The second kappa shape index (κ2) is 8.00. The van der Waals surface area contributed by atoms with Gasteiger partial charge in [0.15, 0.2) is 5.78 Å². The first-order chi connectivity index (χ1) is 14.0. The van der Waals surface area contributed by atoms with Gasteiger partial charge in [-0.2, -0.15) is 0 Å². The highest BCUT2D eigenvalue weighted by Crippen LogP contribution is 2.26. The molecule has 0 aliphatic carbocycles. The van der Waals surface area contributed by atoms with E-state index < -0.39 is 0 Å². The summed E-state index contributed by atoms with van der Waals surface area (Å²) in [6.45, 7) is 3.74. The minimum atomic E-state index is -0.320. The lowest BCUT2D eigenvalue weighted by atomic mass is 10.2. The lowest BCUT2D eigenvalue weighted by Crippen LogP contribution is -2.05. The number of benzene rings is 1. The van der Waals surface area contributed by atoms with Gasteiger partial charge in [-0.3, -0.25) is 9.78 Å². The number of Topliss-reactive ketones (excluding diaryl/α,β-unsaturated/α-hetero) is 1. The van der Waals surface area contributed by atoms with E-state index in [1.165, 1.54) is 23.9 Å². The molecular weight excluding hydrogens is 391 g/mol. The molecule has 0 N–H and O–H groups in total. The zero-order chi connectivity index (χ0) is 20.4. The molecule has 1 aromatic carbocycles. The number of rotatable bonds is 6.